The number of hydrogen-bond acceptors (Lipinski definition) is 2. The van der Waals surface area contributed by atoms with Crippen LogP contribution < -0.4 is 9.64 Å². The highest BCUT2D eigenvalue weighted by atomic mass is 79.9. The van der Waals surface area contributed by atoms with Crippen molar-refractivity contribution in [2.45, 2.75) is 6.92 Å². The van der Waals surface area contributed by atoms with E-state index in [0.717, 1.165) is 15.7 Å². The zero-order valence-corrected chi connectivity index (χ0v) is 18.3. The summed E-state index contributed by atoms with van der Waals surface area (Å²) in [6, 6.07) is 20.2. The summed E-state index contributed by atoms with van der Waals surface area (Å²) in [4.78, 5) is 14.8. The molecule has 0 unspecified atom stereocenters. The molecule has 0 saturated carbocycles. The van der Waals surface area contributed by atoms with Crippen LogP contribution in [0.3, 0.4) is 0 Å². The van der Waals surface area contributed by atoms with Gasteiger partial charge in [-0.25, -0.2) is 0 Å². The lowest BCUT2D eigenvalue weighted by Crippen LogP contribution is -2.34. The van der Waals surface area contributed by atoms with E-state index in [1.54, 1.807) is 35.2 Å². The van der Waals surface area contributed by atoms with Crippen molar-refractivity contribution in [3.63, 3.8) is 0 Å². The van der Waals surface area contributed by atoms with Crippen molar-refractivity contribution in [1.82, 2.24) is 0 Å². The van der Waals surface area contributed by atoms with Crippen molar-refractivity contribution in [2.75, 3.05) is 18.1 Å². The third kappa shape index (κ3) is 5.28. The summed E-state index contributed by atoms with van der Waals surface area (Å²) < 4.78 is 6.64. The van der Waals surface area contributed by atoms with Gasteiger partial charge in [-0.1, -0.05) is 62.9 Å². The summed E-state index contributed by atoms with van der Waals surface area (Å²) in [5, 5.41) is 0.983. The second-order valence-electron chi connectivity index (χ2n) is 6.23. The van der Waals surface area contributed by atoms with Crippen LogP contribution in [0.5, 0.6) is 5.75 Å². The van der Waals surface area contributed by atoms with Crippen molar-refractivity contribution in [2.24, 2.45) is 0 Å². The number of anilines is 1. The molecule has 28 heavy (non-hydrogen) atoms. The van der Waals surface area contributed by atoms with Crippen molar-refractivity contribution >= 4 is 50.7 Å². The lowest BCUT2D eigenvalue weighted by Gasteiger charge is -2.23. The van der Waals surface area contributed by atoms with E-state index < -0.39 is 0 Å². The molecule has 3 nitrogen and oxygen atoms in total. The van der Waals surface area contributed by atoms with Gasteiger partial charge in [0.2, 0.25) is 0 Å². The van der Waals surface area contributed by atoms with Gasteiger partial charge in [0, 0.05) is 20.7 Å². The summed E-state index contributed by atoms with van der Waals surface area (Å²) in [5.41, 5.74) is 2.53. The Kier molecular flexibility index (Phi) is 7.00. The predicted molar refractivity (Wildman–Crippen MR) is 119 cm³/mol. The first-order valence-corrected chi connectivity index (χ1v) is 10.2. The van der Waals surface area contributed by atoms with E-state index in [0.29, 0.717) is 27.9 Å². The first kappa shape index (κ1) is 20.7. The van der Waals surface area contributed by atoms with Crippen molar-refractivity contribution in [3.05, 3.63) is 92.4 Å². The number of carbonyl (C=O) groups is 1. The fraction of sp³-hybridized carbons (Fsp3) is 0.136. The molecule has 3 rings (SSSR count). The SMILES string of the molecule is Cc1ccc(N(CCOc2ccc(Cl)cc2Cl)C(=O)c2cccc(Br)c2)cc1. The molecule has 0 aromatic heterocycles. The Balaban J connectivity index is 1.80. The highest BCUT2D eigenvalue weighted by Crippen LogP contribution is 2.27. The van der Waals surface area contributed by atoms with Crippen molar-refractivity contribution in [1.29, 1.82) is 0 Å². The molecule has 0 aliphatic heterocycles. The van der Waals surface area contributed by atoms with Gasteiger partial charge in [-0.15, -0.1) is 0 Å². The Bertz CT molecular complexity index is 977. The molecule has 0 spiro atoms. The number of nitrogens with zero attached hydrogens (tertiary/aromatic N) is 1. The van der Waals surface area contributed by atoms with Crippen LogP contribution in [0.25, 0.3) is 0 Å². The van der Waals surface area contributed by atoms with E-state index in [1.165, 1.54) is 0 Å². The van der Waals surface area contributed by atoms with E-state index in [2.05, 4.69) is 15.9 Å². The highest BCUT2D eigenvalue weighted by Gasteiger charge is 2.18. The molecule has 0 atom stereocenters. The third-order valence-corrected chi connectivity index (χ3v) is 5.15. The van der Waals surface area contributed by atoms with Crippen LogP contribution in [0.1, 0.15) is 15.9 Å². The average molecular weight is 479 g/mol. The largest absolute Gasteiger partial charge is 0.490 e. The Hall–Kier alpha value is -2.01. The summed E-state index contributed by atoms with van der Waals surface area (Å²) in [5.74, 6) is 0.431. The summed E-state index contributed by atoms with van der Waals surface area (Å²) in [6.45, 7) is 2.66. The maximum absolute atomic E-state index is 13.1. The Morgan fingerprint density at radius 2 is 1.79 bits per heavy atom. The molecule has 0 fully saturated rings. The van der Waals surface area contributed by atoms with Gasteiger partial charge in [-0.05, 0) is 55.5 Å². The van der Waals surface area contributed by atoms with Crippen LogP contribution in [0, 0.1) is 6.92 Å². The topological polar surface area (TPSA) is 29.5 Å². The number of benzene rings is 3. The second kappa shape index (κ2) is 9.46. The van der Waals surface area contributed by atoms with E-state index >= 15 is 0 Å². The van der Waals surface area contributed by atoms with Crippen LogP contribution in [-0.2, 0) is 0 Å². The summed E-state index contributed by atoms with van der Waals surface area (Å²) in [6.07, 6.45) is 0. The van der Waals surface area contributed by atoms with Crippen molar-refractivity contribution < 1.29 is 9.53 Å². The zero-order chi connectivity index (χ0) is 20.1. The monoisotopic (exact) mass is 477 g/mol. The molecule has 0 heterocycles. The lowest BCUT2D eigenvalue weighted by atomic mass is 10.1. The van der Waals surface area contributed by atoms with Crippen LogP contribution in [-0.4, -0.2) is 19.1 Å². The number of aryl methyl sites for hydroxylation is 1. The number of rotatable bonds is 6. The molecule has 0 aliphatic carbocycles. The molecule has 3 aromatic carbocycles. The Morgan fingerprint density at radius 3 is 2.46 bits per heavy atom. The van der Waals surface area contributed by atoms with Gasteiger partial charge in [0.05, 0.1) is 11.6 Å². The molecule has 0 radical (unpaired) electrons. The third-order valence-electron chi connectivity index (χ3n) is 4.13. The van der Waals surface area contributed by atoms with Gasteiger partial charge in [0.1, 0.15) is 12.4 Å². The fourth-order valence-corrected chi connectivity index (χ4v) is 3.55. The first-order valence-electron chi connectivity index (χ1n) is 8.66. The van der Waals surface area contributed by atoms with Gasteiger partial charge in [-0.3, -0.25) is 4.79 Å². The summed E-state index contributed by atoms with van der Waals surface area (Å²) >= 11 is 15.5. The number of carbonyl (C=O) groups excluding carboxylic acids is 1. The van der Waals surface area contributed by atoms with Crippen LogP contribution in [0.4, 0.5) is 5.69 Å². The molecule has 0 saturated heterocycles. The lowest BCUT2D eigenvalue weighted by molar-refractivity contribution is 0.0982. The smallest absolute Gasteiger partial charge is 0.258 e. The Labute approximate surface area is 183 Å². The normalized spacial score (nSPS) is 10.6. The van der Waals surface area contributed by atoms with Gasteiger partial charge in [0.15, 0.2) is 0 Å². The minimum Gasteiger partial charge on any atom is -0.490 e. The van der Waals surface area contributed by atoms with E-state index in [1.807, 2.05) is 43.3 Å². The van der Waals surface area contributed by atoms with E-state index in [9.17, 15) is 4.79 Å². The molecule has 0 bridgehead atoms. The minimum atomic E-state index is -0.101. The number of halogens is 3. The van der Waals surface area contributed by atoms with Crippen molar-refractivity contribution in [3.8, 4) is 5.75 Å². The molecule has 6 heteroatoms. The van der Waals surface area contributed by atoms with Crippen LogP contribution in [0.2, 0.25) is 10.0 Å². The second-order valence-corrected chi connectivity index (χ2v) is 7.99. The number of ether oxygens (including phenoxy) is 1. The molecular formula is C22H18BrCl2NO2. The first-order chi connectivity index (χ1) is 13.4. The van der Waals surface area contributed by atoms with E-state index in [4.69, 9.17) is 27.9 Å². The molecule has 144 valence electrons. The zero-order valence-electron chi connectivity index (χ0n) is 15.2. The maximum Gasteiger partial charge on any atom is 0.258 e. The minimum absolute atomic E-state index is 0.101. The standard InChI is InChI=1S/C22H18BrCl2NO2/c1-15-5-8-19(9-6-15)26(22(27)16-3-2-4-17(23)13-16)11-12-28-21-10-7-18(24)14-20(21)25/h2-10,13-14H,11-12H2,1H3. The fourth-order valence-electron chi connectivity index (χ4n) is 2.69. The van der Waals surface area contributed by atoms with E-state index in [-0.39, 0.29) is 12.5 Å². The average Bonchev–Trinajstić information content (AvgIpc) is 2.67. The van der Waals surface area contributed by atoms with Crippen LogP contribution >= 0.6 is 39.1 Å². The number of hydrogen-bond donors (Lipinski definition) is 0. The predicted octanol–water partition coefficient (Wildman–Crippen LogP) is 6.79. The van der Waals surface area contributed by atoms with Gasteiger partial charge in [-0.2, -0.15) is 0 Å². The number of amides is 1. The quantitative estimate of drug-likeness (QED) is 0.390. The summed E-state index contributed by atoms with van der Waals surface area (Å²) in [7, 11) is 0. The molecule has 0 N–H and O–H groups in total. The molecule has 0 aliphatic rings. The highest BCUT2D eigenvalue weighted by molar-refractivity contribution is 9.10. The van der Waals surface area contributed by atoms with Gasteiger partial charge in [0.25, 0.3) is 5.91 Å². The Morgan fingerprint density at radius 1 is 1.04 bits per heavy atom. The molecular weight excluding hydrogens is 461 g/mol. The molecule has 3 aromatic rings. The van der Waals surface area contributed by atoms with Crippen LogP contribution in [0.15, 0.2) is 71.2 Å². The maximum atomic E-state index is 13.1. The van der Waals surface area contributed by atoms with Gasteiger partial charge >= 0.3 is 0 Å². The van der Waals surface area contributed by atoms with Gasteiger partial charge < -0.3 is 9.64 Å². The molecule has 1 amide bonds.